The summed E-state index contributed by atoms with van der Waals surface area (Å²) in [5, 5.41) is 0. The van der Waals surface area contributed by atoms with Crippen LogP contribution in [0, 0.1) is 0 Å². The van der Waals surface area contributed by atoms with Gasteiger partial charge in [-0.3, -0.25) is 0 Å². The van der Waals surface area contributed by atoms with Gasteiger partial charge in [0.2, 0.25) is 0 Å². The first-order valence-corrected chi connectivity index (χ1v) is 5.00. The fraction of sp³-hybridized carbons (Fsp3) is 0.500. The molecule has 0 saturated carbocycles. The molecule has 0 aliphatic carbocycles. The Labute approximate surface area is 93.1 Å². The quantitative estimate of drug-likeness (QED) is 0.815. The van der Waals surface area contributed by atoms with Crippen molar-refractivity contribution >= 4 is 12.4 Å². The fourth-order valence-electron chi connectivity index (χ4n) is 1.36. The predicted octanol–water partition coefficient (Wildman–Crippen LogP) is 3.64. The Kier molecular flexibility index (Phi) is 5.82. The maximum atomic E-state index is 5.77. The zero-order valence-corrected chi connectivity index (χ0v) is 9.97. The standard InChI is InChI=1S/C12H19N.ClH/c1-4-9(2)11-5-7-12(8-6-11)10(3)13;/h5-10H,4,13H2,1-3H3;1H. The van der Waals surface area contributed by atoms with Crippen LogP contribution in [0.1, 0.15) is 50.3 Å². The lowest BCUT2D eigenvalue weighted by molar-refractivity contribution is 0.731. The summed E-state index contributed by atoms with van der Waals surface area (Å²) in [7, 11) is 0. The third-order valence-electron chi connectivity index (χ3n) is 2.64. The highest BCUT2D eigenvalue weighted by Gasteiger charge is 2.03. The molecule has 1 aromatic rings. The molecule has 2 atom stereocenters. The summed E-state index contributed by atoms with van der Waals surface area (Å²) in [6, 6.07) is 8.78. The summed E-state index contributed by atoms with van der Waals surface area (Å²) >= 11 is 0. The van der Waals surface area contributed by atoms with E-state index in [1.807, 2.05) is 6.92 Å². The molecular weight excluding hydrogens is 194 g/mol. The Bertz CT molecular complexity index is 254. The third-order valence-corrected chi connectivity index (χ3v) is 2.64. The third kappa shape index (κ3) is 3.32. The molecule has 1 nitrogen and oxygen atoms in total. The van der Waals surface area contributed by atoms with Crippen molar-refractivity contribution in [1.29, 1.82) is 0 Å². The van der Waals surface area contributed by atoms with Gasteiger partial charge < -0.3 is 5.73 Å². The molecular formula is C12H20ClN. The van der Waals surface area contributed by atoms with Crippen molar-refractivity contribution in [1.82, 2.24) is 0 Å². The number of hydrogen-bond acceptors (Lipinski definition) is 1. The van der Waals surface area contributed by atoms with Crippen molar-refractivity contribution in [3.8, 4) is 0 Å². The first-order chi connectivity index (χ1) is 6.15. The topological polar surface area (TPSA) is 26.0 Å². The molecule has 0 bridgehead atoms. The van der Waals surface area contributed by atoms with E-state index in [1.165, 1.54) is 17.5 Å². The summed E-state index contributed by atoms with van der Waals surface area (Å²) < 4.78 is 0. The average Bonchev–Trinajstić information content (AvgIpc) is 2.17. The van der Waals surface area contributed by atoms with Gasteiger partial charge in [0.05, 0.1) is 0 Å². The minimum atomic E-state index is 0. The zero-order valence-electron chi connectivity index (χ0n) is 9.16. The van der Waals surface area contributed by atoms with Crippen molar-refractivity contribution in [2.45, 2.75) is 39.2 Å². The lowest BCUT2D eigenvalue weighted by Gasteiger charge is -2.11. The van der Waals surface area contributed by atoms with Gasteiger partial charge in [0.15, 0.2) is 0 Å². The molecule has 2 heteroatoms. The maximum Gasteiger partial charge on any atom is 0.0266 e. The lowest BCUT2D eigenvalue weighted by Crippen LogP contribution is -2.04. The molecule has 0 aliphatic heterocycles. The number of nitrogens with two attached hydrogens (primary N) is 1. The lowest BCUT2D eigenvalue weighted by atomic mass is 9.96. The second-order valence-corrected chi connectivity index (χ2v) is 3.76. The van der Waals surface area contributed by atoms with Gasteiger partial charge in [-0.05, 0) is 30.4 Å². The minimum absolute atomic E-state index is 0. The molecule has 0 amide bonds. The van der Waals surface area contributed by atoms with E-state index in [-0.39, 0.29) is 18.4 Å². The molecule has 0 heterocycles. The molecule has 2 N–H and O–H groups in total. The van der Waals surface area contributed by atoms with E-state index in [1.54, 1.807) is 0 Å². The van der Waals surface area contributed by atoms with Crippen molar-refractivity contribution in [2.75, 3.05) is 0 Å². The van der Waals surface area contributed by atoms with E-state index in [4.69, 9.17) is 5.73 Å². The second-order valence-electron chi connectivity index (χ2n) is 3.76. The first-order valence-electron chi connectivity index (χ1n) is 5.00. The summed E-state index contributed by atoms with van der Waals surface area (Å²) in [4.78, 5) is 0. The molecule has 80 valence electrons. The van der Waals surface area contributed by atoms with Gasteiger partial charge in [0.1, 0.15) is 0 Å². The van der Waals surface area contributed by atoms with Gasteiger partial charge in [0.25, 0.3) is 0 Å². The summed E-state index contributed by atoms with van der Waals surface area (Å²) in [6.45, 7) is 6.48. The number of rotatable bonds is 3. The molecule has 0 fully saturated rings. The monoisotopic (exact) mass is 213 g/mol. The Hall–Kier alpha value is -0.530. The van der Waals surface area contributed by atoms with E-state index in [0.29, 0.717) is 5.92 Å². The number of hydrogen-bond donors (Lipinski definition) is 1. The van der Waals surface area contributed by atoms with Crippen LogP contribution in [-0.4, -0.2) is 0 Å². The van der Waals surface area contributed by atoms with E-state index < -0.39 is 0 Å². The average molecular weight is 214 g/mol. The predicted molar refractivity (Wildman–Crippen MR) is 65.0 cm³/mol. The van der Waals surface area contributed by atoms with E-state index in [2.05, 4.69) is 38.1 Å². The van der Waals surface area contributed by atoms with Crippen molar-refractivity contribution in [3.63, 3.8) is 0 Å². The summed E-state index contributed by atoms with van der Waals surface area (Å²) in [5.74, 6) is 0.655. The van der Waals surface area contributed by atoms with Gasteiger partial charge in [-0.1, -0.05) is 38.1 Å². The summed E-state index contributed by atoms with van der Waals surface area (Å²) in [5.41, 5.74) is 8.40. The number of benzene rings is 1. The van der Waals surface area contributed by atoms with Crippen LogP contribution in [0.3, 0.4) is 0 Å². The van der Waals surface area contributed by atoms with Crippen LogP contribution in [0.25, 0.3) is 0 Å². The molecule has 1 aromatic carbocycles. The Morgan fingerprint density at radius 2 is 1.50 bits per heavy atom. The zero-order chi connectivity index (χ0) is 9.84. The molecule has 2 unspecified atom stereocenters. The van der Waals surface area contributed by atoms with Gasteiger partial charge in [-0.15, -0.1) is 12.4 Å². The van der Waals surface area contributed by atoms with Crippen LogP contribution in [0.15, 0.2) is 24.3 Å². The van der Waals surface area contributed by atoms with Crippen LogP contribution in [0.4, 0.5) is 0 Å². The molecule has 0 aliphatic rings. The SMILES string of the molecule is CCC(C)c1ccc(C(C)N)cc1.Cl. The Morgan fingerprint density at radius 1 is 1.07 bits per heavy atom. The van der Waals surface area contributed by atoms with Crippen molar-refractivity contribution < 1.29 is 0 Å². The first kappa shape index (κ1) is 13.5. The van der Waals surface area contributed by atoms with Crippen LogP contribution in [-0.2, 0) is 0 Å². The van der Waals surface area contributed by atoms with Crippen molar-refractivity contribution in [3.05, 3.63) is 35.4 Å². The minimum Gasteiger partial charge on any atom is -0.324 e. The second kappa shape index (κ2) is 6.05. The summed E-state index contributed by atoms with van der Waals surface area (Å²) in [6.07, 6.45) is 1.19. The normalized spacial score (nSPS) is 14.3. The van der Waals surface area contributed by atoms with Gasteiger partial charge in [-0.2, -0.15) is 0 Å². The van der Waals surface area contributed by atoms with Crippen LogP contribution >= 0.6 is 12.4 Å². The van der Waals surface area contributed by atoms with E-state index in [9.17, 15) is 0 Å². The van der Waals surface area contributed by atoms with E-state index in [0.717, 1.165) is 0 Å². The highest BCUT2D eigenvalue weighted by Crippen LogP contribution is 2.20. The molecule has 0 aromatic heterocycles. The Balaban J connectivity index is 0.00000169. The van der Waals surface area contributed by atoms with Crippen LogP contribution in [0.5, 0.6) is 0 Å². The van der Waals surface area contributed by atoms with Crippen LogP contribution in [0.2, 0.25) is 0 Å². The fourth-order valence-corrected chi connectivity index (χ4v) is 1.36. The number of halogens is 1. The molecule has 0 saturated heterocycles. The van der Waals surface area contributed by atoms with Crippen LogP contribution < -0.4 is 5.73 Å². The Morgan fingerprint density at radius 3 is 1.86 bits per heavy atom. The molecule has 14 heavy (non-hydrogen) atoms. The molecule has 0 spiro atoms. The highest BCUT2D eigenvalue weighted by molar-refractivity contribution is 5.85. The maximum absolute atomic E-state index is 5.77. The van der Waals surface area contributed by atoms with Gasteiger partial charge >= 0.3 is 0 Å². The van der Waals surface area contributed by atoms with Crippen molar-refractivity contribution in [2.24, 2.45) is 5.73 Å². The van der Waals surface area contributed by atoms with E-state index >= 15 is 0 Å². The van der Waals surface area contributed by atoms with Gasteiger partial charge in [-0.25, -0.2) is 0 Å². The largest absolute Gasteiger partial charge is 0.324 e. The van der Waals surface area contributed by atoms with Gasteiger partial charge in [0, 0.05) is 6.04 Å². The smallest absolute Gasteiger partial charge is 0.0266 e. The molecule has 0 radical (unpaired) electrons. The molecule has 1 rings (SSSR count). The highest BCUT2D eigenvalue weighted by atomic mass is 35.5.